The third kappa shape index (κ3) is 5.94. The van der Waals surface area contributed by atoms with Gasteiger partial charge in [-0.1, -0.05) is 25.5 Å². The van der Waals surface area contributed by atoms with E-state index in [0.29, 0.717) is 12.3 Å². The van der Waals surface area contributed by atoms with Crippen molar-refractivity contribution in [2.45, 2.75) is 58.8 Å². The molecule has 0 aromatic heterocycles. The molecular weight excluding hydrogens is 198 g/mol. The second-order valence-electron chi connectivity index (χ2n) is 5.14. The summed E-state index contributed by atoms with van der Waals surface area (Å²) in [5.41, 5.74) is 1.54. The van der Waals surface area contributed by atoms with Crippen molar-refractivity contribution in [3.05, 3.63) is 11.6 Å². The van der Waals surface area contributed by atoms with E-state index in [1.165, 1.54) is 31.3 Å². The molecule has 0 radical (unpaired) electrons. The van der Waals surface area contributed by atoms with Crippen molar-refractivity contribution >= 4 is 5.91 Å². The minimum absolute atomic E-state index is 0.213. The van der Waals surface area contributed by atoms with E-state index in [2.05, 4.69) is 25.2 Å². The fourth-order valence-electron chi connectivity index (χ4n) is 2.00. The topological polar surface area (TPSA) is 29.1 Å². The summed E-state index contributed by atoms with van der Waals surface area (Å²) in [7, 11) is 0. The Kier molecular flexibility index (Phi) is 6.20. The maximum atomic E-state index is 11.5. The predicted octanol–water partition coefficient (Wildman–Crippen LogP) is 3.43. The smallest absolute Gasteiger partial charge is 0.220 e. The first-order valence-corrected chi connectivity index (χ1v) is 6.63. The number of allylic oxidation sites excluding steroid dienone is 1. The highest BCUT2D eigenvalue weighted by Crippen LogP contribution is 2.19. The Balaban J connectivity index is 2.05. The van der Waals surface area contributed by atoms with Crippen molar-refractivity contribution in [3.63, 3.8) is 0 Å². The summed E-state index contributed by atoms with van der Waals surface area (Å²) < 4.78 is 0. The van der Waals surface area contributed by atoms with Gasteiger partial charge in [-0.2, -0.15) is 0 Å². The molecule has 0 fully saturated rings. The van der Waals surface area contributed by atoms with Crippen LogP contribution in [0, 0.1) is 5.92 Å². The SMILES string of the molecule is CC(C)CCC(=O)NCCC1=CCCCC1. The van der Waals surface area contributed by atoms with Crippen molar-refractivity contribution in [3.8, 4) is 0 Å². The van der Waals surface area contributed by atoms with Gasteiger partial charge in [0, 0.05) is 13.0 Å². The molecule has 16 heavy (non-hydrogen) atoms. The summed E-state index contributed by atoms with van der Waals surface area (Å²) in [6.45, 7) is 5.13. The highest BCUT2D eigenvalue weighted by Gasteiger charge is 2.05. The maximum Gasteiger partial charge on any atom is 0.220 e. The molecule has 0 heterocycles. The van der Waals surface area contributed by atoms with Crippen LogP contribution >= 0.6 is 0 Å². The molecule has 0 aromatic rings. The monoisotopic (exact) mass is 223 g/mol. The fraction of sp³-hybridized carbons (Fsp3) is 0.786. The van der Waals surface area contributed by atoms with Crippen LogP contribution in [0.5, 0.6) is 0 Å². The van der Waals surface area contributed by atoms with Gasteiger partial charge in [-0.05, 0) is 44.4 Å². The number of hydrogen-bond donors (Lipinski definition) is 1. The molecule has 0 saturated heterocycles. The molecule has 1 N–H and O–H groups in total. The third-order valence-electron chi connectivity index (χ3n) is 3.10. The normalized spacial score (nSPS) is 16.1. The molecule has 0 spiro atoms. The Bertz CT molecular complexity index is 243. The largest absolute Gasteiger partial charge is 0.356 e. The van der Waals surface area contributed by atoms with Crippen molar-refractivity contribution < 1.29 is 4.79 Å². The molecule has 0 unspecified atom stereocenters. The number of carbonyl (C=O) groups excluding carboxylic acids is 1. The molecule has 0 saturated carbocycles. The molecule has 2 nitrogen and oxygen atoms in total. The van der Waals surface area contributed by atoms with Crippen molar-refractivity contribution in [2.24, 2.45) is 5.92 Å². The Morgan fingerprint density at radius 2 is 2.25 bits per heavy atom. The van der Waals surface area contributed by atoms with Crippen molar-refractivity contribution in [2.75, 3.05) is 6.54 Å². The van der Waals surface area contributed by atoms with Gasteiger partial charge in [0.1, 0.15) is 0 Å². The molecule has 1 amide bonds. The highest BCUT2D eigenvalue weighted by atomic mass is 16.1. The van der Waals surface area contributed by atoms with Gasteiger partial charge >= 0.3 is 0 Å². The van der Waals surface area contributed by atoms with Crippen LogP contribution in [0.25, 0.3) is 0 Å². The van der Waals surface area contributed by atoms with Crippen LogP contribution in [-0.2, 0) is 4.79 Å². The zero-order valence-corrected chi connectivity index (χ0v) is 10.7. The van der Waals surface area contributed by atoms with Gasteiger partial charge in [0.2, 0.25) is 5.91 Å². The summed E-state index contributed by atoms with van der Waals surface area (Å²) >= 11 is 0. The first kappa shape index (κ1) is 13.3. The van der Waals surface area contributed by atoms with Gasteiger partial charge < -0.3 is 5.32 Å². The second kappa shape index (κ2) is 7.48. The van der Waals surface area contributed by atoms with Gasteiger partial charge in [-0.25, -0.2) is 0 Å². The highest BCUT2D eigenvalue weighted by molar-refractivity contribution is 5.75. The Hall–Kier alpha value is -0.790. The zero-order valence-electron chi connectivity index (χ0n) is 10.7. The van der Waals surface area contributed by atoms with E-state index in [-0.39, 0.29) is 5.91 Å². The average Bonchev–Trinajstić information content (AvgIpc) is 2.28. The number of amides is 1. The first-order valence-electron chi connectivity index (χ1n) is 6.63. The number of nitrogens with one attached hydrogen (secondary N) is 1. The van der Waals surface area contributed by atoms with Crippen molar-refractivity contribution in [1.29, 1.82) is 0 Å². The predicted molar refractivity (Wildman–Crippen MR) is 68.2 cm³/mol. The first-order chi connectivity index (χ1) is 7.68. The minimum Gasteiger partial charge on any atom is -0.356 e. The lowest BCUT2D eigenvalue weighted by Crippen LogP contribution is -2.24. The summed E-state index contributed by atoms with van der Waals surface area (Å²) in [5.74, 6) is 0.830. The second-order valence-corrected chi connectivity index (χ2v) is 5.14. The summed E-state index contributed by atoms with van der Waals surface area (Å²) in [5, 5.41) is 3.01. The van der Waals surface area contributed by atoms with Gasteiger partial charge in [-0.15, -0.1) is 0 Å². The molecule has 92 valence electrons. The lowest BCUT2D eigenvalue weighted by Gasteiger charge is -2.13. The van der Waals surface area contributed by atoms with Gasteiger partial charge in [0.25, 0.3) is 0 Å². The Morgan fingerprint density at radius 3 is 2.88 bits per heavy atom. The van der Waals surface area contributed by atoms with Crippen LogP contribution in [0.2, 0.25) is 0 Å². The molecule has 0 aromatic carbocycles. The van der Waals surface area contributed by atoms with Crippen molar-refractivity contribution in [1.82, 2.24) is 5.32 Å². The van der Waals surface area contributed by atoms with Gasteiger partial charge in [0.05, 0.1) is 0 Å². The molecule has 1 aliphatic rings. The average molecular weight is 223 g/mol. The lowest BCUT2D eigenvalue weighted by molar-refractivity contribution is -0.121. The van der Waals surface area contributed by atoms with Crippen LogP contribution in [0.1, 0.15) is 58.8 Å². The van der Waals surface area contributed by atoms with Crippen LogP contribution in [0.4, 0.5) is 0 Å². The molecule has 0 aliphatic heterocycles. The third-order valence-corrected chi connectivity index (χ3v) is 3.10. The Labute approximate surface area is 99.5 Å². The Morgan fingerprint density at radius 1 is 1.44 bits per heavy atom. The standard InChI is InChI=1S/C14H25NO/c1-12(2)8-9-14(16)15-11-10-13-6-4-3-5-7-13/h6,12H,3-5,7-11H2,1-2H3,(H,15,16). The summed E-state index contributed by atoms with van der Waals surface area (Å²) in [6.07, 6.45) is 10.2. The van der Waals surface area contributed by atoms with E-state index in [4.69, 9.17) is 0 Å². The maximum absolute atomic E-state index is 11.5. The van der Waals surface area contributed by atoms with E-state index in [1.807, 2.05) is 0 Å². The summed E-state index contributed by atoms with van der Waals surface area (Å²) in [6, 6.07) is 0. The molecule has 2 heteroatoms. The van der Waals surface area contributed by atoms with E-state index >= 15 is 0 Å². The summed E-state index contributed by atoms with van der Waals surface area (Å²) in [4.78, 5) is 11.5. The minimum atomic E-state index is 0.213. The van der Waals surface area contributed by atoms with Gasteiger partial charge in [0.15, 0.2) is 0 Å². The van der Waals surface area contributed by atoms with E-state index in [9.17, 15) is 4.79 Å². The quantitative estimate of drug-likeness (QED) is 0.687. The molecular formula is C14H25NO. The van der Waals surface area contributed by atoms with E-state index in [0.717, 1.165) is 19.4 Å². The number of hydrogen-bond acceptors (Lipinski definition) is 1. The molecule has 0 atom stereocenters. The van der Waals surface area contributed by atoms with E-state index < -0.39 is 0 Å². The lowest BCUT2D eigenvalue weighted by atomic mass is 9.97. The fourth-order valence-corrected chi connectivity index (χ4v) is 2.00. The van der Waals surface area contributed by atoms with E-state index in [1.54, 1.807) is 0 Å². The van der Waals surface area contributed by atoms with Crippen LogP contribution in [0.3, 0.4) is 0 Å². The number of rotatable bonds is 6. The van der Waals surface area contributed by atoms with Crippen LogP contribution in [0.15, 0.2) is 11.6 Å². The van der Waals surface area contributed by atoms with Crippen LogP contribution < -0.4 is 5.32 Å². The van der Waals surface area contributed by atoms with Crippen LogP contribution in [-0.4, -0.2) is 12.5 Å². The molecule has 1 aliphatic carbocycles. The molecule has 1 rings (SSSR count). The van der Waals surface area contributed by atoms with Gasteiger partial charge in [-0.3, -0.25) is 4.79 Å². The molecule has 0 bridgehead atoms. The zero-order chi connectivity index (χ0) is 11.8. The number of carbonyl (C=O) groups is 1.